The van der Waals surface area contributed by atoms with E-state index in [1.54, 1.807) is 0 Å². The van der Waals surface area contributed by atoms with Crippen molar-refractivity contribution in [1.82, 2.24) is 15.5 Å². The molecule has 0 aromatic heterocycles. The number of hydrogen-bond acceptors (Lipinski definition) is 4. The Balaban J connectivity index is 1.89. The second-order valence-corrected chi connectivity index (χ2v) is 4.05. The van der Waals surface area contributed by atoms with Crippen LogP contribution in [-0.4, -0.2) is 48.3 Å². The summed E-state index contributed by atoms with van der Waals surface area (Å²) in [7, 11) is 0. The van der Waals surface area contributed by atoms with Crippen LogP contribution >= 0.6 is 0 Å². The maximum absolute atomic E-state index is 10.9. The molecular weight excluding hydrogens is 208 g/mol. The van der Waals surface area contributed by atoms with Gasteiger partial charge in [-0.15, -0.1) is 0 Å². The first-order valence-electron chi connectivity index (χ1n) is 5.61. The standard InChI is InChI=1S/C10H16N4O2/c1-2-14-5-3-7(4-6-14)11-10-12-8(15)9(16)13-10/h7H,2-6H2,1H3,(H2,11,12,13,15,16). The highest BCUT2D eigenvalue weighted by Gasteiger charge is 2.26. The quantitative estimate of drug-likeness (QED) is 0.595. The van der Waals surface area contributed by atoms with Gasteiger partial charge in [0.25, 0.3) is 0 Å². The van der Waals surface area contributed by atoms with Gasteiger partial charge >= 0.3 is 11.8 Å². The predicted molar refractivity (Wildman–Crippen MR) is 58.9 cm³/mol. The van der Waals surface area contributed by atoms with Crippen LogP contribution in [0, 0.1) is 0 Å². The van der Waals surface area contributed by atoms with Crippen LogP contribution in [0.25, 0.3) is 0 Å². The SMILES string of the molecule is CCN1CCC(N=C2NC(=O)C(=O)N2)CC1. The first kappa shape index (κ1) is 11.1. The highest BCUT2D eigenvalue weighted by molar-refractivity contribution is 6.45. The van der Waals surface area contributed by atoms with Crippen molar-refractivity contribution in [2.45, 2.75) is 25.8 Å². The van der Waals surface area contributed by atoms with E-state index in [1.807, 2.05) is 0 Å². The lowest BCUT2D eigenvalue weighted by Crippen LogP contribution is -2.37. The molecule has 0 aromatic carbocycles. The molecule has 2 fully saturated rings. The Morgan fingerprint density at radius 1 is 1.25 bits per heavy atom. The van der Waals surface area contributed by atoms with E-state index >= 15 is 0 Å². The van der Waals surface area contributed by atoms with Gasteiger partial charge in [-0.25, -0.2) is 4.99 Å². The molecule has 16 heavy (non-hydrogen) atoms. The van der Waals surface area contributed by atoms with Gasteiger partial charge in [0.15, 0.2) is 0 Å². The first-order valence-corrected chi connectivity index (χ1v) is 5.61. The third-order valence-electron chi connectivity index (χ3n) is 2.99. The molecule has 0 spiro atoms. The van der Waals surface area contributed by atoms with E-state index in [-0.39, 0.29) is 6.04 Å². The molecule has 0 aromatic rings. The Hall–Kier alpha value is -1.43. The summed E-state index contributed by atoms with van der Waals surface area (Å²) >= 11 is 0. The van der Waals surface area contributed by atoms with Gasteiger partial charge in [-0.2, -0.15) is 0 Å². The van der Waals surface area contributed by atoms with Gasteiger partial charge in [-0.05, 0) is 19.4 Å². The highest BCUT2D eigenvalue weighted by atomic mass is 16.2. The van der Waals surface area contributed by atoms with E-state index in [0.717, 1.165) is 32.5 Å². The summed E-state index contributed by atoms with van der Waals surface area (Å²) in [5, 5.41) is 4.83. The summed E-state index contributed by atoms with van der Waals surface area (Å²) in [4.78, 5) is 28.5. The Bertz CT molecular complexity index is 314. The summed E-state index contributed by atoms with van der Waals surface area (Å²) < 4.78 is 0. The normalized spacial score (nSPS) is 23.2. The molecule has 88 valence electrons. The average Bonchev–Trinajstić information content (AvgIpc) is 2.59. The van der Waals surface area contributed by atoms with Gasteiger partial charge in [0.05, 0.1) is 6.04 Å². The van der Waals surface area contributed by atoms with E-state index in [2.05, 4.69) is 27.4 Å². The fraction of sp³-hybridized carbons (Fsp3) is 0.700. The Kier molecular flexibility index (Phi) is 3.19. The lowest BCUT2D eigenvalue weighted by molar-refractivity contribution is -0.135. The van der Waals surface area contributed by atoms with Gasteiger partial charge < -0.3 is 4.90 Å². The number of carbonyl (C=O) groups is 2. The summed E-state index contributed by atoms with van der Waals surface area (Å²) in [5.74, 6) is -0.931. The summed E-state index contributed by atoms with van der Waals surface area (Å²) in [6, 6.07) is 0.205. The average molecular weight is 224 g/mol. The topological polar surface area (TPSA) is 73.8 Å². The van der Waals surface area contributed by atoms with Crippen molar-refractivity contribution in [1.29, 1.82) is 0 Å². The zero-order valence-electron chi connectivity index (χ0n) is 9.32. The van der Waals surface area contributed by atoms with Crippen molar-refractivity contribution >= 4 is 17.8 Å². The lowest BCUT2D eigenvalue weighted by Gasteiger charge is -2.28. The number of rotatable bonds is 2. The summed E-state index contributed by atoms with van der Waals surface area (Å²) in [5.41, 5.74) is 0. The molecule has 0 aliphatic carbocycles. The predicted octanol–water partition coefficient (Wildman–Crippen LogP) is -0.927. The molecule has 6 nitrogen and oxygen atoms in total. The van der Waals surface area contributed by atoms with Gasteiger partial charge in [0.1, 0.15) is 0 Å². The van der Waals surface area contributed by atoms with E-state index in [9.17, 15) is 9.59 Å². The number of amides is 2. The third kappa shape index (κ3) is 2.38. The molecule has 0 unspecified atom stereocenters. The van der Waals surface area contributed by atoms with E-state index in [0.29, 0.717) is 5.96 Å². The molecule has 0 radical (unpaired) electrons. The maximum Gasteiger partial charge on any atom is 0.316 e. The zero-order valence-corrected chi connectivity index (χ0v) is 9.32. The van der Waals surface area contributed by atoms with Crippen LogP contribution in [0.5, 0.6) is 0 Å². The smallest absolute Gasteiger partial charge is 0.303 e. The molecule has 2 aliphatic heterocycles. The van der Waals surface area contributed by atoms with E-state index in [1.165, 1.54) is 0 Å². The number of aliphatic imine (C=N–C) groups is 1. The van der Waals surface area contributed by atoms with Crippen LogP contribution in [-0.2, 0) is 9.59 Å². The van der Waals surface area contributed by atoms with Crippen LogP contribution < -0.4 is 10.6 Å². The van der Waals surface area contributed by atoms with Crippen LogP contribution in [0.15, 0.2) is 4.99 Å². The summed E-state index contributed by atoms with van der Waals surface area (Å²) in [6.07, 6.45) is 1.95. The minimum atomic E-state index is -0.621. The molecule has 6 heteroatoms. The molecule has 2 N–H and O–H groups in total. The molecule has 2 aliphatic rings. The van der Waals surface area contributed by atoms with Crippen molar-refractivity contribution in [3.63, 3.8) is 0 Å². The van der Waals surface area contributed by atoms with E-state index < -0.39 is 11.8 Å². The van der Waals surface area contributed by atoms with Crippen LogP contribution in [0.4, 0.5) is 0 Å². The number of guanidine groups is 1. The number of piperidine rings is 1. The molecule has 2 rings (SSSR count). The van der Waals surface area contributed by atoms with Crippen LogP contribution in [0.3, 0.4) is 0 Å². The summed E-state index contributed by atoms with van der Waals surface area (Å²) in [6.45, 7) is 5.26. The number of carbonyl (C=O) groups excluding carboxylic acids is 2. The molecule has 2 amide bonds. The number of nitrogens with one attached hydrogen (secondary N) is 2. The molecule has 0 atom stereocenters. The molecule has 0 saturated carbocycles. The van der Waals surface area contributed by atoms with Crippen molar-refractivity contribution in [2.75, 3.05) is 19.6 Å². The van der Waals surface area contributed by atoms with Crippen LogP contribution in [0.2, 0.25) is 0 Å². The van der Waals surface area contributed by atoms with Gasteiger partial charge in [0.2, 0.25) is 5.96 Å². The molecule has 2 saturated heterocycles. The number of likely N-dealkylation sites (tertiary alicyclic amines) is 1. The number of hydrogen-bond donors (Lipinski definition) is 2. The van der Waals surface area contributed by atoms with Crippen molar-refractivity contribution < 1.29 is 9.59 Å². The fourth-order valence-corrected chi connectivity index (χ4v) is 1.97. The fourth-order valence-electron chi connectivity index (χ4n) is 1.97. The molecular formula is C10H16N4O2. The van der Waals surface area contributed by atoms with Gasteiger partial charge in [0, 0.05) is 13.1 Å². The third-order valence-corrected chi connectivity index (χ3v) is 2.99. The second-order valence-electron chi connectivity index (χ2n) is 4.05. The zero-order chi connectivity index (χ0) is 11.5. The molecule has 2 heterocycles. The monoisotopic (exact) mass is 224 g/mol. The van der Waals surface area contributed by atoms with Crippen molar-refractivity contribution in [3.8, 4) is 0 Å². The Morgan fingerprint density at radius 2 is 1.81 bits per heavy atom. The molecule has 0 bridgehead atoms. The van der Waals surface area contributed by atoms with Crippen LogP contribution in [0.1, 0.15) is 19.8 Å². The minimum absolute atomic E-state index is 0.205. The first-order chi connectivity index (χ1) is 7.69. The second kappa shape index (κ2) is 4.61. The minimum Gasteiger partial charge on any atom is -0.303 e. The Labute approximate surface area is 94.1 Å². The lowest BCUT2D eigenvalue weighted by atomic mass is 10.1. The van der Waals surface area contributed by atoms with Gasteiger partial charge in [-0.3, -0.25) is 20.2 Å². The highest BCUT2D eigenvalue weighted by Crippen LogP contribution is 2.13. The van der Waals surface area contributed by atoms with E-state index in [4.69, 9.17) is 0 Å². The van der Waals surface area contributed by atoms with Gasteiger partial charge in [-0.1, -0.05) is 6.92 Å². The maximum atomic E-state index is 10.9. The van der Waals surface area contributed by atoms with Crippen molar-refractivity contribution in [2.24, 2.45) is 4.99 Å². The van der Waals surface area contributed by atoms with Crippen molar-refractivity contribution in [3.05, 3.63) is 0 Å². The largest absolute Gasteiger partial charge is 0.316 e. The Morgan fingerprint density at radius 3 is 2.31 bits per heavy atom. The number of nitrogens with zero attached hydrogens (tertiary/aromatic N) is 2.